The van der Waals surface area contributed by atoms with Gasteiger partial charge in [0.2, 0.25) is 0 Å². The Bertz CT molecular complexity index is 1230. The molecule has 0 saturated heterocycles. The minimum Gasteiger partial charge on any atom is -0.322 e. The number of carbonyl (C=O) groups is 2. The lowest BCUT2D eigenvalue weighted by Crippen LogP contribution is -2.30. The predicted octanol–water partition coefficient (Wildman–Crippen LogP) is 6.52. The van der Waals surface area contributed by atoms with Crippen molar-refractivity contribution in [2.75, 3.05) is 16.8 Å². The largest absolute Gasteiger partial charge is 0.322 e. The van der Waals surface area contributed by atoms with Crippen molar-refractivity contribution < 1.29 is 9.59 Å². The highest BCUT2D eigenvalue weighted by molar-refractivity contribution is 9.10. The number of amides is 2. The molecule has 0 atom stereocenters. The van der Waals surface area contributed by atoms with Crippen LogP contribution in [-0.2, 0) is 0 Å². The van der Waals surface area contributed by atoms with E-state index in [0.717, 1.165) is 20.9 Å². The summed E-state index contributed by atoms with van der Waals surface area (Å²) in [4.78, 5) is 27.4. The third kappa shape index (κ3) is 4.52. The van der Waals surface area contributed by atoms with Gasteiger partial charge in [-0.15, -0.1) is 0 Å². The first-order valence-electron chi connectivity index (χ1n) is 10.0. The summed E-state index contributed by atoms with van der Waals surface area (Å²) in [7, 11) is 0. The van der Waals surface area contributed by atoms with Gasteiger partial charge in [0, 0.05) is 33.2 Å². The van der Waals surface area contributed by atoms with Gasteiger partial charge in [-0.3, -0.25) is 9.59 Å². The zero-order chi connectivity index (χ0) is 21.8. The Labute approximate surface area is 189 Å². The van der Waals surface area contributed by atoms with Crippen molar-refractivity contribution >= 4 is 49.9 Å². The Balaban J connectivity index is 1.54. The van der Waals surface area contributed by atoms with Crippen LogP contribution in [-0.4, -0.2) is 18.4 Å². The van der Waals surface area contributed by atoms with E-state index in [4.69, 9.17) is 0 Å². The number of benzene rings is 4. The van der Waals surface area contributed by atoms with Crippen LogP contribution in [0.15, 0.2) is 95.5 Å². The molecule has 0 aliphatic carbocycles. The number of rotatable bonds is 5. The summed E-state index contributed by atoms with van der Waals surface area (Å²) in [5.74, 6) is -0.276. The molecule has 154 valence electrons. The SMILES string of the molecule is CCN(C(=O)c1ccc(NC(=O)c2ccc(Br)cc2)cc1)c1cccc2ccccc12. The van der Waals surface area contributed by atoms with Crippen LogP contribution in [0.4, 0.5) is 11.4 Å². The van der Waals surface area contributed by atoms with Crippen LogP contribution in [0, 0.1) is 0 Å². The second-order valence-corrected chi connectivity index (χ2v) is 8.00. The molecule has 0 saturated carbocycles. The van der Waals surface area contributed by atoms with Crippen LogP contribution in [0.2, 0.25) is 0 Å². The van der Waals surface area contributed by atoms with Gasteiger partial charge in [0.05, 0.1) is 5.69 Å². The average Bonchev–Trinajstić information content (AvgIpc) is 2.80. The summed E-state index contributed by atoms with van der Waals surface area (Å²) in [5, 5.41) is 5.00. The Kier molecular flexibility index (Phi) is 6.14. The molecule has 0 radical (unpaired) electrons. The third-order valence-electron chi connectivity index (χ3n) is 5.11. The molecule has 0 fully saturated rings. The van der Waals surface area contributed by atoms with Gasteiger partial charge in [-0.05, 0) is 66.9 Å². The smallest absolute Gasteiger partial charge is 0.258 e. The average molecular weight is 473 g/mol. The summed E-state index contributed by atoms with van der Waals surface area (Å²) < 4.78 is 0.915. The topological polar surface area (TPSA) is 49.4 Å². The lowest BCUT2D eigenvalue weighted by Gasteiger charge is -2.23. The minimum absolute atomic E-state index is 0.0790. The number of anilines is 2. The van der Waals surface area contributed by atoms with Crippen molar-refractivity contribution in [2.24, 2.45) is 0 Å². The monoisotopic (exact) mass is 472 g/mol. The van der Waals surface area contributed by atoms with Gasteiger partial charge in [-0.1, -0.05) is 52.3 Å². The third-order valence-corrected chi connectivity index (χ3v) is 5.64. The van der Waals surface area contributed by atoms with Crippen LogP contribution < -0.4 is 10.2 Å². The molecule has 0 heterocycles. The number of nitrogens with zero attached hydrogens (tertiary/aromatic N) is 1. The van der Waals surface area contributed by atoms with E-state index in [2.05, 4.69) is 21.2 Å². The second kappa shape index (κ2) is 9.14. The Morgan fingerprint density at radius 2 is 1.45 bits per heavy atom. The van der Waals surface area contributed by atoms with E-state index in [-0.39, 0.29) is 11.8 Å². The van der Waals surface area contributed by atoms with Crippen LogP contribution in [0.25, 0.3) is 10.8 Å². The maximum absolute atomic E-state index is 13.2. The van der Waals surface area contributed by atoms with Gasteiger partial charge in [0.1, 0.15) is 0 Å². The molecular weight excluding hydrogens is 452 g/mol. The molecule has 0 aromatic heterocycles. The van der Waals surface area contributed by atoms with Gasteiger partial charge < -0.3 is 10.2 Å². The Morgan fingerprint density at radius 3 is 2.16 bits per heavy atom. The highest BCUT2D eigenvalue weighted by Crippen LogP contribution is 2.28. The molecule has 4 nitrogen and oxygen atoms in total. The number of halogens is 1. The normalized spacial score (nSPS) is 10.6. The zero-order valence-corrected chi connectivity index (χ0v) is 18.6. The molecule has 4 aromatic carbocycles. The fraction of sp³-hybridized carbons (Fsp3) is 0.0769. The predicted molar refractivity (Wildman–Crippen MR) is 130 cm³/mol. The number of nitrogens with one attached hydrogen (secondary N) is 1. The quantitative estimate of drug-likeness (QED) is 0.359. The molecule has 5 heteroatoms. The first-order chi connectivity index (χ1) is 15.1. The van der Waals surface area contributed by atoms with Crippen molar-refractivity contribution in [1.29, 1.82) is 0 Å². The molecule has 31 heavy (non-hydrogen) atoms. The van der Waals surface area contributed by atoms with E-state index >= 15 is 0 Å². The first-order valence-corrected chi connectivity index (χ1v) is 10.8. The molecule has 4 rings (SSSR count). The molecule has 4 aromatic rings. The highest BCUT2D eigenvalue weighted by atomic mass is 79.9. The van der Waals surface area contributed by atoms with Crippen molar-refractivity contribution in [1.82, 2.24) is 0 Å². The molecular formula is C26H21BrN2O2. The molecule has 0 aliphatic rings. The zero-order valence-electron chi connectivity index (χ0n) is 17.0. The van der Waals surface area contributed by atoms with Crippen LogP contribution >= 0.6 is 15.9 Å². The van der Waals surface area contributed by atoms with Gasteiger partial charge in [-0.25, -0.2) is 0 Å². The summed E-state index contributed by atoms with van der Waals surface area (Å²) in [5.41, 5.74) is 2.66. The van der Waals surface area contributed by atoms with Crippen molar-refractivity contribution in [2.45, 2.75) is 6.92 Å². The van der Waals surface area contributed by atoms with Gasteiger partial charge in [0.15, 0.2) is 0 Å². The molecule has 1 N–H and O–H groups in total. The van der Waals surface area contributed by atoms with Gasteiger partial charge in [-0.2, -0.15) is 0 Å². The fourth-order valence-corrected chi connectivity index (χ4v) is 3.79. The summed E-state index contributed by atoms with van der Waals surface area (Å²) in [6.45, 7) is 2.52. The number of hydrogen-bond acceptors (Lipinski definition) is 2. The summed E-state index contributed by atoms with van der Waals surface area (Å²) in [6.07, 6.45) is 0. The van der Waals surface area contributed by atoms with E-state index in [1.807, 2.05) is 61.5 Å². The van der Waals surface area contributed by atoms with E-state index < -0.39 is 0 Å². The minimum atomic E-state index is -0.197. The van der Waals surface area contributed by atoms with Crippen molar-refractivity contribution in [3.63, 3.8) is 0 Å². The van der Waals surface area contributed by atoms with Gasteiger partial charge in [0.25, 0.3) is 11.8 Å². The summed E-state index contributed by atoms with van der Waals surface area (Å²) in [6, 6.07) is 28.2. The van der Waals surface area contributed by atoms with Crippen LogP contribution in [0.5, 0.6) is 0 Å². The maximum atomic E-state index is 13.2. The first kappa shape index (κ1) is 20.8. The summed E-state index contributed by atoms with van der Waals surface area (Å²) >= 11 is 3.36. The van der Waals surface area contributed by atoms with Crippen LogP contribution in [0.1, 0.15) is 27.6 Å². The standard InChI is InChI=1S/C26H21BrN2O2/c1-2-29(24-9-5-7-18-6-3-4-8-23(18)24)26(31)20-12-16-22(17-13-20)28-25(30)19-10-14-21(27)15-11-19/h3-17H,2H2,1H3,(H,28,30). The number of carbonyl (C=O) groups excluding carboxylic acids is 2. The fourth-order valence-electron chi connectivity index (χ4n) is 3.52. The van der Waals surface area contributed by atoms with E-state index in [1.165, 1.54) is 0 Å². The van der Waals surface area contributed by atoms with E-state index in [9.17, 15) is 9.59 Å². The molecule has 0 aliphatic heterocycles. The molecule has 0 unspecified atom stereocenters. The van der Waals surface area contributed by atoms with Crippen molar-refractivity contribution in [3.05, 3.63) is 107 Å². The molecule has 2 amide bonds. The van der Waals surface area contributed by atoms with E-state index in [1.54, 1.807) is 41.3 Å². The van der Waals surface area contributed by atoms with Crippen LogP contribution in [0.3, 0.4) is 0 Å². The van der Waals surface area contributed by atoms with E-state index in [0.29, 0.717) is 23.4 Å². The maximum Gasteiger partial charge on any atom is 0.258 e. The highest BCUT2D eigenvalue weighted by Gasteiger charge is 2.18. The lowest BCUT2D eigenvalue weighted by molar-refractivity contribution is 0.0987. The molecule has 0 spiro atoms. The number of fused-ring (bicyclic) bond motifs is 1. The Morgan fingerprint density at radius 1 is 0.806 bits per heavy atom. The van der Waals surface area contributed by atoms with Crippen molar-refractivity contribution in [3.8, 4) is 0 Å². The van der Waals surface area contributed by atoms with Gasteiger partial charge >= 0.3 is 0 Å². The Hall–Kier alpha value is -3.44. The number of hydrogen-bond donors (Lipinski definition) is 1. The molecule has 0 bridgehead atoms. The second-order valence-electron chi connectivity index (χ2n) is 7.09. The lowest BCUT2D eigenvalue weighted by atomic mass is 10.1.